The molecule has 0 atom stereocenters. The minimum atomic E-state index is -0.743. The van der Waals surface area contributed by atoms with Crippen LogP contribution in [-0.2, 0) is 4.79 Å². The van der Waals surface area contributed by atoms with Gasteiger partial charge in [0.25, 0.3) is 0 Å². The topological polar surface area (TPSA) is 43.8 Å². The van der Waals surface area contributed by atoms with Crippen LogP contribution in [0.1, 0.15) is 26.7 Å². The smallest absolute Gasteiger partial charge is 0.236 e. The van der Waals surface area contributed by atoms with E-state index in [4.69, 9.17) is 0 Å². The van der Waals surface area contributed by atoms with Crippen LogP contribution in [0.15, 0.2) is 0 Å². The van der Waals surface area contributed by atoms with Crippen LogP contribution in [0.5, 0.6) is 0 Å². The largest absolute Gasteiger partial charge is 0.389 e. The molecule has 1 amide bonds. The summed E-state index contributed by atoms with van der Waals surface area (Å²) in [5.41, 5.74) is -0.743. The van der Waals surface area contributed by atoms with E-state index in [0.717, 1.165) is 12.8 Å². The maximum absolute atomic E-state index is 11.7. The van der Waals surface area contributed by atoms with Crippen molar-refractivity contribution in [2.24, 2.45) is 0 Å². The van der Waals surface area contributed by atoms with Gasteiger partial charge in [-0.15, -0.1) is 0 Å². The molecule has 15 heavy (non-hydrogen) atoms. The first kappa shape index (κ1) is 12.5. The number of hydrogen-bond acceptors (Lipinski definition) is 3. The molecule has 0 aromatic carbocycles. The summed E-state index contributed by atoms with van der Waals surface area (Å²) >= 11 is 0. The van der Waals surface area contributed by atoms with Crippen molar-refractivity contribution in [3.05, 3.63) is 0 Å². The zero-order chi connectivity index (χ0) is 11.6. The highest BCUT2D eigenvalue weighted by atomic mass is 16.3. The standard InChI is InChI=1S/C11H22N2O2/c1-11(2,15)8-12(3)7-10(14)13(4)9-5-6-9/h9,15H,5-8H2,1-4H3. The van der Waals surface area contributed by atoms with Gasteiger partial charge in [-0.25, -0.2) is 0 Å². The number of likely N-dealkylation sites (N-methyl/N-ethyl adjacent to an activating group) is 2. The molecule has 0 spiro atoms. The van der Waals surface area contributed by atoms with Crippen molar-refractivity contribution in [1.29, 1.82) is 0 Å². The fourth-order valence-electron chi connectivity index (χ4n) is 1.72. The summed E-state index contributed by atoms with van der Waals surface area (Å²) in [6.07, 6.45) is 2.27. The first-order chi connectivity index (χ1) is 6.79. The lowest BCUT2D eigenvalue weighted by molar-refractivity contribution is -0.131. The Balaban J connectivity index is 2.30. The van der Waals surface area contributed by atoms with E-state index in [2.05, 4.69) is 0 Å². The molecule has 4 heteroatoms. The fraction of sp³-hybridized carbons (Fsp3) is 0.909. The second-order valence-electron chi connectivity index (χ2n) is 5.22. The lowest BCUT2D eigenvalue weighted by atomic mass is 10.1. The van der Waals surface area contributed by atoms with E-state index >= 15 is 0 Å². The summed E-state index contributed by atoms with van der Waals surface area (Å²) in [6, 6.07) is 0.466. The SMILES string of the molecule is CN(CC(=O)N(C)C1CC1)CC(C)(C)O. The highest BCUT2D eigenvalue weighted by Crippen LogP contribution is 2.25. The summed E-state index contributed by atoms with van der Waals surface area (Å²) in [6.45, 7) is 4.39. The van der Waals surface area contributed by atoms with Crippen molar-refractivity contribution >= 4 is 5.91 Å². The van der Waals surface area contributed by atoms with Crippen LogP contribution in [0.2, 0.25) is 0 Å². The van der Waals surface area contributed by atoms with Gasteiger partial charge in [0.15, 0.2) is 0 Å². The van der Waals surface area contributed by atoms with Gasteiger partial charge in [0.2, 0.25) is 5.91 Å². The van der Waals surface area contributed by atoms with Crippen molar-refractivity contribution in [2.75, 3.05) is 27.2 Å². The molecule has 1 rings (SSSR count). The van der Waals surface area contributed by atoms with Gasteiger partial charge in [0.1, 0.15) is 0 Å². The van der Waals surface area contributed by atoms with Crippen LogP contribution in [-0.4, -0.2) is 59.6 Å². The Morgan fingerprint density at radius 3 is 2.33 bits per heavy atom. The third kappa shape index (κ3) is 4.62. The molecule has 1 fully saturated rings. The summed E-state index contributed by atoms with van der Waals surface area (Å²) in [7, 11) is 3.72. The molecule has 1 aliphatic carbocycles. The average molecular weight is 214 g/mol. The molecule has 4 nitrogen and oxygen atoms in total. The highest BCUT2D eigenvalue weighted by Gasteiger charge is 2.30. The maximum atomic E-state index is 11.7. The average Bonchev–Trinajstić information content (AvgIpc) is 2.80. The quantitative estimate of drug-likeness (QED) is 0.716. The Bertz CT molecular complexity index is 231. The number of carbonyl (C=O) groups excluding carboxylic acids is 1. The third-order valence-corrected chi connectivity index (χ3v) is 2.55. The minimum Gasteiger partial charge on any atom is -0.389 e. The molecule has 0 aliphatic heterocycles. The Morgan fingerprint density at radius 2 is 1.93 bits per heavy atom. The Morgan fingerprint density at radius 1 is 1.40 bits per heavy atom. The second kappa shape index (κ2) is 4.49. The van der Waals surface area contributed by atoms with Crippen LogP contribution >= 0.6 is 0 Å². The monoisotopic (exact) mass is 214 g/mol. The van der Waals surface area contributed by atoms with Gasteiger partial charge < -0.3 is 10.0 Å². The van der Waals surface area contributed by atoms with Crippen molar-refractivity contribution < 1.29 is 9.90 Å². The first-order valence-electron chi connectivity index (χ1n) is 5.46. The lowest BCUT2D eigenvalue weighted by Crippen LogP contribution is -2.43. The predicted octanol–water partition coefficient (Wildman–Crippen LogP) is 0.310. The summed E-state index contributed by atoms with van der Waals surface area (Å²) < 4.78 is 0. The number of carbonyl (C=O) groups is 1. The highest BCUT2D eigenvalue weighted by molar-refractivity contribution is 5.78. The molecule has 0 heterocycles. The number of aliphatic hydroxyl groups is 1. The zero-order valence-electron chi connectivity index (χ0n) is 10.2. The van der Waals surface area contributed by atoms with Gasteiger partial charge in [0.05, 0.1) is 12.1 Å². The van der Waals surface area contributed by atoms with Gasteiger partial charge >= 0.3 is 0 Å². The van der Waals surface area contributed by atoms with Gasteiger partial charge in [-0.3, -0.25) is 9.69 Å². The van der Waals surface area contributed by atoms with E-state index < -0.39 is 5.60 Å². The summed E-state index contributed by atoms with van der Waals surface area (Å²) in [5, 5.41) is 9.59. The Labute approximate surface area is 91.9 Å². The number of nitrogens with zero attached hydrogens (tertiary/aromatic N) is 2. The van der Waals surface area contributed by atoms with Gasteiger partial charge in [-0.2, -0.15) is 0 Å². The lowest BCUT2D eigenvalue weighted by Gasteiger charge is -2.26. The van der Waals surface area contributed by atoms with Crippen molar-refractivity contribution in [1.82, 2.24) is 9.80 Å². The van der Waals surface area contributed by atoms with Gasteiger partial charge in [0, 0.05) is 19.6 Å². The molecule has 0 aromatic heterocycles. The number of rotatable bonds is 5. The van der Waals surface area contributed by atoms with Crippen LogP contribution in [0.4, 0.5) is 0 Å². The van der Waals surface area contributed by atoms with Crippen LogP contribution in [0.25, 0.3) is 0 Å². The molecule has 0 unspecified atom stereocenters. The van der Waals surface area contributed by atoms with E-state index in [1.165, 1.54) is 0 Å². The van der Waals surface area contributed by atoms with Crippen molar-refractivity contribution in [3.8, 4) is 0 Å². The first-order valence-corrected chi connectivity index (χ1v) is 5.46. The van der Waals surface area contributed by atoms with E-state index in [-0.39, 0.29) is 5.91 Å². The minimum absolute atomic E-state index is 0.143. The van der Waals surface area contributed by atoms with E-state index in [0.29, 0.717) is 19.1 Å². The van der Waals surface area contributed by atoms with Crippen LogP contribution in [0, 0.1) is 0 Å². The van der Waals surface area contributed by atoms with Gasteiger partial charge in [-0.05, 0) is 33.7 Å². The van der Waals surface area contributed by atoms with E-state index in [9.17, 15) is 9.90 Å². The molecular formula is C11H22N2O2. The zero-order valence-corrected chi connectivity index (χ0v) is 10.2. The maximum Gasteiger partial charge on any atom is 0.236 e. The normalized spacial score (nSPS) is 16.9. The second-order valence-corrected chi connectivity index (χ2v) is 5.22. The predicted molar refractivity (Wildman–Crippen MR) is 59.6 cm³/mol. The molecular weight excluding hydrogens is 192 g/mol. The molecule has 0 bridgehead atoms. The molecule has 88 valence electrons. The van der Waals surface area contributed by atoms with Crippen molar-refractivity contribution in [2.45, 2.75) is 38.3 Å². The Hall–Kier alpha value is -0.610. The molecule has 1 saturated carbocycles. The molecule has 0 radical (unpaired) electrons. The molecule has 1 N–H and O–H groups in total. The van der Waals surface area contributed by atoms with Gasteiger partial charge in [-0.1, -0.05) is 0 Å². The summed E-state index contributed by atoms with van der Waals surface area (Å²) in [4.78, 5) is 15.4. The summed E-state index contributed by atoms with van der Waals surface area (Å²) in [5.74, 6) is 0.143. The number of amides is 1. The molecule has 1 aliphatic rings. The van der Waals surface area contributed by atoms with Crippen molar-refractivity contribution in [3.63, 3.8) is 0 Å². The fourth-order valence-corrected chi connectivity index (χ4v) is 1.72. The number of hydrogen-bond donors (Lipinski definition) is 1. The molecule has 0 saturated heterocycles. The van der Waals surface area contributed by atoms with E-state index in [1.807, 2.05) is 23.9 Å². The Kier molecular flexibility index (Phi) is 3.73. The van der Waals surface area contributed by atoms with Crippen LogP contribution < -0.4 is 0 Å². The third-order valence-electron chi connectivity index (χ3n) is 2.55. The van der Waals surface area contributed by atoms with Crippen LogP contribution in [0.3, 0.4) is 0 Å². The molecule has 0 aromatic rings. The van der Waals surface area contributed by atoms with E-state index in [1.54, 1.807) is 13.8 Å².